The van der Waals surface area contributed by atoms with Gasteiger partial charge in [0.05, 0.1) is 6.26 Å². The van der Waals surface area contributed by atoms with Crippen LogP contribution in [0.2, 0.25) is 0 Å². The predicted molar refractivity (Wildman–Crippen MR) is 35.0 cm³/mol. The maximum atomic E-state index is 10.3. The lowest BCUT2D eigenvalue weighted by atomic mass is 10.5. The monoisotopic (exact) mass is 160 g/mol. The molecule has 0 heterocycles. The van der Waals surface area contributed by atoms with Crippen LogP contribution in [0.1, 0.15) is 13.3 Å². The first-order valence-corrected chi connectivity index (χ1v) is 2.93. The van der Waals surface area contributed by atoms with Crippen LogP contribution in [0.4, 0.5) is 9.59 Å². The second-order valence-corrected chi connectivity index (χ2v) is 1.52. The van der Waals surface area contributed by atoms with Gasteiger partial charge in [0, 0.05) is 0 Å². The van der Waals surface area contributed by atoms with Gasteiger partial charge in [0.25, 0.3) is 0 Å². The summed E-state index contributed by atoms with van der Waals surface area (Å²) in [5, 5.41) is 7.89. The number of carbonyl (C=O) groups excluding carboxylic acids is 1. The molecule has 11 heavy (non-hydrogen) atoms. The number of carboxylic acid groups (broad SMARTS) is 1. The van der Waals surface area contributed by atoms with Crippen molar-refractivity contribution in [1.29, 1.82) is 0 Å². The molecule has 0 unspecified atom stereocenters. The van der Waals surface area contributed by atoms with Gasteiger partial charge < -0.3 is 14.6 Å². The standard InChI is InChI=1S/C6H8O5/c1-2-3-4-10-6(9)11-5(7)8/h3-4H,2H2,1H3,(H,7,8). The normalized spacial score (nSPS) is 9.55. The van der Waals surface area contributed by atoms with Crippen molar-refractivity contribution in [2.75, 3.05) is 0 Å². The quantitative estimate of drug-likeness (QED) is 0.378. The lowest BCUT2D eigenvalue weighted by Gasteiger charge is -1.93. The van der Waals surface area contributed by atoms with Gasteiger partial charge in [-0.05, 0) is 12.5 Å². The average molecular weight is 160 g/mol. The summed E-state index contributed by atoms with van der Waals surface area (Å²) in [4.78, 5) is 19.9. The molecule has 0 aromatic heterocycles. The zero-order valence-electron chi connectivity index (χ0n) is 5.94. The molecule has 0 atom stereocenters. The van der Waals surface area contributed by atoms with Crippen LogP contribution in [-0.2, 0) is 9.47 Å². The molecule has 0 radical (unpaired) electrons. The maximum Gasteiger partial charge on any atom is 0.523 e. The topological polar surface area (TPSA) is 72.8 Å². The van der Waals surface area contributed by atoms with Crippen molar-refractivity contribution in [3.63, 3.8) is 0 Å². The summed E-state index contributed by atoms with van der Waals surface area (Å²) in [6, 6.07) is 0. The average Bonchev–Trinajstić information content (AvgIpc) is 1.86. The highest BCUT2D eigenvalue weighted by Gasteiger charge is 2.06. The molecule has 0 saturated heterocycles. The first kappa shape index (κ1) is 9.48. The Balaban J connectivity index is 3.53. The molecular formula is C6H8O5. The molecule has 0 saturated carbocycles. The smallest absolute Gasteiger partial charge is 0.449 e. The number of allylic oxidation sites excluding steroid dienone is 1. The van der Waals surface area contributed by atoms with Crippen molar-refractivity contribution in [3.8, 4) is 0 Å². The summed E-state index contributed by atoms with van der Waals surface area (Å²) in [7, 11) is 0. The van der Waals surface area contributed by atoms with Gasteiger partial charge in [0.1, 0.15) is 0 Å². The van der Waals surface area contributed by atoms with E-state index < -0.39 is 12.3 Å². The van der Waals surface area contributed by atoms with Crippen LogP contribution in [0.15, 0.2) is 12.3 Å². The number of hydrogen-bond donors (Lipinski definition) is 1. The van der Waals surface area contributed by atoms with E-state index in [-0.39, 0.29) is 0 Å². The fourth-order valence-electron chi connectivity index (χ4n) is 0.295. The fraction of sp³-hybridized carbons (Fsp3) is 0.333. The molecule has 1 N–H and O–H groups in total. The SMILES string of the molecule is CCC=COC(=O)OC(=O)O. The highest BCUT2D eigenvalue weighted by Crippen LogP contribution is 1.88. The van der Waals surface area contributed by atoms with E-state index in [9.17, 15) is 9.59 Å². The molecule has 62 valence electrons. The van der Waals surface area contributed by atoms with Crippen LogP contribution in [-0.4, -0.2) is 17.4 Å². The zero-order valence-corrected chi connectivity index (χ0v) is 5.94. The van der Waals surface area contributed by atoms with Gasteiger partial charge in [0.15, 0.2) is 0 Å². The van der Waals surface area contributed by atoms with Crippen LogP contribution in [0, 0.1) is 0 Å². The fourth-order valence-corrected chi connectivity index (χ4v) is 0.295. The molecular weight excluding hydrogens is 152 g/mol. The van der Waals surface area contributed by atoms with Crippen molar-refractivity contribution in [2.45, 2.75) is 13.3 Å². The number of hydrogen-bond acceptors (Lipinski definition) is 4. The molecule has 0 aliphatic heterocycles. The van der Waals surface area contributed by atoms with Crippen molar-refractivity contribution in [1.82, 2.24) is 0 Å². The van der Waals surface area contributed by atoms with Crippen LogP contribution in [0.3, 0.4) is 0 Å². The van der Waals surface area contributed by atoms with Crippen molar-refractivity contribution >= 4 is 12.3 Å². The van der Waals surface area contributed by atoms with E-state index in [1.807, 2.05) is 6.92 Å². The Bertz CT molecular complexity index is 172. The zero-order chi connectivity index (χ0) is 8.69. The van der Waals surface area contributed by atoms with Crippen LogP contribution >= 0.6 is 0 Å². The van der Waals surface area contributed by atoms with E-state index in [0.29, 0.717) is 6.42 Å². The molecule has 0 aliphatic rings. The third kappa shape index (κ3) is 6.36. The Morgan fingerprint density at radius 3 is 2.64 bits per heavy atom. The minimum Gasteiger partial charge on any atom is -0.449 e. The van der Waals surface area contributed by atoms with E-state index in [4.69, 9.17) is 5.11 Å². The van der Waals surface area contributed by atoms with Crippen molar-refractivity contribution in [3.05, 3.63) is 12.3 Å². The summed E-state index contributed by atoms with van der Waals surface area (Å²) >= 11 is 0. The van der Waals surface area contributed by atoms with Crippen LogP contribution in [0.25, 0.3) is 0 Å². The van der Waals surface area contributed by atoms with Gasteiger partial charge in [-0.3, -0.25) is 0 Å². The number of ether oxygens (including phenoxy) is 2. The van der Waals surface area contributed by atoms with Crippen molar-refractivity contribution < 1.29 is 24.2 Å². The first-order chi connectivity index (χ1) is 5.16. The van der Waals surface area contributed by atoms with E-state index in [2.05, 4.69) is 9.47 Å². The highest BCUT2D eigenvalue weighted by atomic mass is 16.8. The maximum absolute atomic E-state index is 10.3. The molecule has 0 bridgehead atoms. The number of rotatable bonds is 2. The summed E-state index contributed by atoms with van der Waals surface area (Å²) in [5.74, 6) is 0. The Kier molecular flexibility index (Phi) is 4.55. The van der Waals surface area contributed by atoms with Gasteiger partial charge in [-0.25, -0.2) is 9.59 Å². The molecule has 5 nitrogen and oxygen atoms in total. The number of carbonyl (C=O) groups is 2. The molecule has 5 heteroatoms. The van der Waals surface area contributed by atoms with Gasteiger partial charge in [-0.15, -0.1) is 0 Å². The Hall–Kier alpha value is -1.52. The lowest BCUT2D eigenvalue weighted by molar-refractivity contribution is 0.0756. The minimum absolute atomic E-state index is 0.695. The second-order valence-electron chi connectivity index (χ2n) is 1.52. The highest BCUT2D eigenvalue weighted by molar-refractivity contribution is 5.75. The van der Waals surface area contributed by atoms with E-state index in [1.54, 1.807) is 6.08 Å². The molecule has 0 aromatic rings. The van der Waals surface area contributed by atoms with E-state index >= 15 is 0 Å². The molecule has 0 aromatic carbocycles. The molecule has 0 fully saturated rings. The Labute approximate surface area is 63.2 Å². The second kappa shape index (κ2) is 5.28. The van der Waals surface area contributed by atoms with Gasteiger partial charge in [-0.2, -0.15) is 0 Å². The molecule has 0 amide bonds. The Morgan fingerprint density at radius 1 is 1.55 bits per heavy atom. The summed E-state index contributed by atoms with van der Waals surface area (Å²) in [5.41, 5.74) is 0. The molecule has 0 aliphatic carbocycles. The minimum atomic E-state index is -1.68. The van der Waals surface area contributed by atoms with Gasteiger partial charge in [-0.1, -0.05) is 6.92 Å². The Morgan fingerprint density at radius 2 is 2.18 bits per heavy atom. The largest absolute Gasteiger partial charge is 0.523 e. The summed E-state index contributed by atoms with van der Waals surface area (Å²) in [6.45, 7) is 1.84. The third-order valence-corrected chi connectivity index (χ3v) is 0.667. The summed E-state index contributed by atoms with van der Waals surface area (Å²) in [6.07, 6.45) is 0.386. The third-order valence-electron chi connectivity index (χ3n) is 0.667. The van der Waals surface area contributed by atoms with Gasteiger partial charge >= 0.3 is 12.3 Å². The van der Waals surface area contributed by atoms with Gasteiger partial charge in [0.2, 0.25) is 0 Å². The molecule has 0 rings (SSSR count). The predicted octanol–water partition coefficient (Wildman–Crippen LogP) is 1.74. The van der Waals surface area contributed by atoms with E-state index in [0.717, 1.165) is 6.26 Å². The lowest BCUT2D eigenvalue weighted by Crippen LogP contribution is -2.08. The van der Waals surface area contributed by atoms with Crippen LogP contribution in [0.5, 0.6) is 0 Å². The first-order valence-electron chi connectivity index (χ1n) is 2.93. The molecule has 0 spiro atoms. The van der Waals surface area contributed by atoms with Crippen molar-refractivity contribution in [2.24, 2.45) is 0 Å². The summed E-state index contributed by atoms with van der Waals surface area (Å²) < 4.78 is 7.77. The van der Waals surface area contributed by atoms with E-state index in [1.165, 1.54) is 0 Å². The van der Waals surface area contributed by atoms with Crippen LogP contribution < -0.4 is 0 Å².